The van der Waals surface area contributed by atoms with E-state index in [0.717, 1.165) is 31.9 Å². The number of rotatable bonds is 5. The smallest absolute Gasteiger partial charge is 0.239 e. The number of nitrogens with one attached hydrogen (secondary N) is 2. The summed E-state index contributed by atoms with van der Waals surface area (Å²) >= 11 is 0. The third-order valence-electron chi connectivity index (χ3n) is 4.61. The van der Waals surface area contributed by atoms with Crippen LogP contribution in [0.3, 0.4) is 0 Å². The molecule has 7 nitrogen and oxygen atoms in total. The number of hydrogen-bond donors (Lipinski definition) is 2. The standard InChI is InChI=1S/C17H25N5O2/c1-13-2-4-18-15(8-13)20-9-14-3-6-21(10-14)12-17(24)22-7-5-19-16(23)11-22/h2,4,8,14H,3,5-7,9-12H2,1H3,(H,18,20)(H,19,23). The van der Waals surface area contributed by atoms with Crippen LogP contribution in [0, 0.1) is 12.8 Å². The summed E-state index contributed by atoms with van der Waals surface area (Å²) in [4.78, 5) is 31.8. The molecule has 1 unspecified atom stereocenters. The predicted molar refractivity (Wildman–Crippen MR) is 91.6 cm³/mol. The van der Waals surface area contributed by atoms with Crippen LogP contribution in [0.1, 0.15) is 12.0 Å². The Morgan fingerprint density at radius 2 is 2.33 bits per heavy atom. The summed E-state index contributed by atoms with van der Waals surface area (Å²) in [5.74, 6) is 1.41. The van der Waals surface area contributed by atoms with Crippen LogP contribution in [-0.4, -0.2) is 72.4 Å². The van der Waals surface area contributed by atoms with Gasteiger partial charge in [0.1, 0.15) is 5.82 Å². The Morgan fingerprint density at radius 1 is 1.46 bits per heavy atom. The Hall–Kier alpha value is -2.15. The van der Waals surface area contributed by atoms with Crippen LogP contribution in [0.25, 0.3) is 0 Å². The quantitative estimate of drug-likeness (QED) is 0.799. The van der Waals surface area contributed by atoms with Gasteiger partial charge in [0.15, 0.2) is 0 Å². The third kappa shape index (κ3) is 4.44. The first-order chi connectivity index (χ1) is 11.6. The summed E-state index contributed by atoms with van der Waals surface area (Å²) in [5, 5.41) is 6.13. The molecule has 2 amide bonds. The summed E-state index contributed by atoms with van der Waals surface area (Å²) in [7, 11) is 0. The van der Waals surface area contributed by atoms with Crippen molar-refractivity contribution in [2.45, 2.75) is 13.3 Å². The number of hydrogen-bond acceptors (Lipinski definition) is 5. The molecule has 7 heteroatoms. The summed E-state index contributed by atoms with van der Waals surface area (Å²) in [5.41, 5.74) is 1.19. The number of piperazine rings is 1. The van der Waals surface area contributed by atoms with E-state index in [0.29, 0.717) is 25.6 Å². The van der Waals surface area contributed by atoms with Gasteiger partial charge in [-0.25, -0.2) is 4.98 Å². The van der Waals surface area contributed by atoms with Gasteiger partial charge in [-0.2, -0.15) is 0 Å². The van der Waals surface area contributed by atoms with Crippen LogP contribution in [0.4, 0.5) is 5.82 Å². The molecule has 2 aliphatic heterocycles. The molecule has 0 bridgehead atoms. The van der Waals surface area contributed by atoms with Gasteiger partial charge in [0, 0.05) is 32.4 Å². The average Bonchev–Trinajstić information content (AvgIpc) is 3.00. The second-order valence-corrected chi connectivity index (χ2v) is 6.65. The van der Waals surface area contributed by atoms with Gasteiger partial charge >= 0.3 is 0 Å². The first-order valence-corrected chi connectivity index (χ1v) is 8.53. The van der Waals surface area contributed by atoms with E-state index in [4.69, 9.17) is 0 Å². The van der Waals surface area contributed by atoms with Crippen molar-refractivity contribution >= 4 is 17.6 Å². The monoisotopic (exact) mass is 331 g/mol. The zero-order valence-electron chi connectivity index (χ0n) is 14.1. The number of carbonyl (C=O) groups is 2. The molecule has 1 atom stereocenters. The largest absolute Gasteiger partial charge is 0.370 e. The van der Waals surface area contributed by atoms with Gasteiger partial charge in [0.05, 0.1) is 13.1 Å². The maximum absolute atomic E-state index is 12.3. The van der Waals surface area contributed by atoms with E-state index in [9.17, 15) is 9.59 Å². The van der Waals surface area contributed by atoms with E-state index < -0.39 is 0 Å². The highest BCUT2D eigenvalue weighted by Crippen LogP contribution is 2.17. The van der Waals surface area contributed by atoms with Gasteiger partial charge in [-0.15, -0.1) is 0 Å². The van der Waals surface area contributed by atoms with Crippen LogP contribution in [0.5, 0.6) is 0 Å². The molecule has 1 aromatic rings. The van der Waals surface area contributed by atoms with Crippen molar-refractivity contribution < 1.29 is 9.59 Å². The number of nitrogens with zero attached hydrogens (tertiary/aromatic N) is 3. The minimum Gasteiger partial charge on any atom is -0.370 e. The fourth-order valence-corrected chi connectivity index (χ4v) is 3.25. The first kappa shape index (κ1) is 16.7. The molecule has 2 fully saturated rings. The topological polar surface area (TPSA) is 77.6 Å². The Balaban J connectivity index is 1.42. The molecule has 2 N–H and O–H groups in total. The van der Waals surface area contributed by atoms with E-state index in [1.165, 1.54) is 5.56 Å². The number of carbonyl (C=O) groups excluding carboxylic acids is 2. The summed E-state index contributed by atoms with van der Waals surface area (Å²) < 4.78 is 0. The zero-order chi connectivity index (χ0) is 16.9. The highest BCUT2D eigenvalue weighted by atomic mass is 16.2. The Labute approximate surface area is 142 Å². The minimum absolute atomic E-state index is 0.0545. The number of aryl methyl sites for hydroxylation is 1. The zero-order valence-corrected chi connectivity index (χ0v) is 14.1. The molecule has 1 aromatic heterocycles. The number of anilines is 1. The van der Waals surface area contributed by atoms with Crippen molar-refractivity contribution in [1.29, 1.82) is 0 Å². The van der Waals surface area contributed by atoms with Gasteiger partial charge in [-0.05, 0) is 43.5 Å². The molecular weight excluding hydrogens is 306 g/mol. The minimum atomic E-state index is -0.0660. The molecule has 0 radical (unpaired) electrons. The van der Waals surface area contributed by atoms with E-state index >= 15 is 0 Å². The van der Waals surface area contributed by atoms with E-state index in [2.05, 4.69) is 27.4 Å². The number of aromatic nitrogens is 1. The van der Waals surface area contributed by atoms with Crippen molar-refractivity contribution in [1.82, 2.24) is 20.1 Å². The highest BCUT2D eigenvalue weighted by molar-refractivity contribution is 5.86. The molecular formula is C17H25N5O2. The molecule has 0 aliphatic carbocycles. The van der Waals surface area contributed by atoms with Crippen molar-refractivity contribution in [2.75, 3.05) is 51.1 Å². The van der Waals surface area contributed by atoms with Crippen molar-refractivity contribution in [3.63, 3.8) is 0 Å². The van der Waals surface area contributed by atoms with Gasteiger partial charge in [0.25, 0.3) is 0 Å². The Kier molecular flexibility index (Phi) is 5.30. The lowest BCUT2D eigenvalue weighted by Crippen LogP contribution is -2.52. The molecule has 3 heterocycles. The average molecular weight is 331 g/mol. The molecule has 2 saturated heterocycles. The van der Waals surface area contributed by atoms with Crippen molar-refractivity contribution in [3.05, 3.63) is 23.9 Å². The molecule has 0 saturated carbocycles. The van der Waals surface area contributed by atoms with Crippen LogP contribution < -0.4 is 10.6 Å². The lowest BCUT2D eigenvalue weighted by Gasteiger charge is -2.28. The van der Waals surface area contributed by atoms with Crippen LogP contribution in [0.15, 0.2) is 18.3 Å². The lowest BCUT2D eigenvalue weighted by atomic mass is 10.1. The van der Waals surface area contributed by atoms with Gasteiger partial charge < -0.3 is 15.5 Å². The highest BCUT2D eigenvalue weighted by Gasteiger charge is 2.27. The van der Waals surface area contributed by atoms with Crippen molar-refractivity contribution in [3.8, 4) is 0 Å². The van der Waals surface area contributed by atoms with Crippen LogP contribution in [-0.2, 0) is 9.59 Å². The van der Waals surface area contributed by atoms with Gasteiger partial charge in [0.2, 0.25) is 11.8 Å². The summed E-state index contributed by atoms with van der Waals surface area (Å²) in [6.45, 7) is 6.53. The molecule has 0 spiro atoms. The van der Waals surface area contributed by atoms with E-state index in [-0.39, 0.29) is 18.4 Å². The Morgan fingerprint density at radius 3 is 3.12 bits per heavy atom. The third-order valence-corrected chi connectivity index (χ3v) is 4.61. The summed E-state index contributed by atoms with van der Waals surface area (Å²) in [6.07, 6.45) is 2.89. The number of likely N-dealkylation sites (tertiary alicyclic amines) is 1. The van der Waals surface area contributed by atoms with Crippen molar-refractivity contribution in [2.24, 2.45) is 5.92 Å². The SMILES string of the molecule is Cc1ccnc(NCC2CCN(CC(=O)N3CCNC(=O)C3)C2)c1. The fourth-order valence-electron chi connectivity index (χ4n) is 3.25. The van der Waals surface area contributed by atoms with Crippen LogP contribution in [0.2, 0.25) is 0 Å². The molecule has 0 aromatic carbocycles. The maximum atomic E-state index is 12.3. The molecule has 3 rings (SSSR count). The maximum Gasteiger partial charge on any atom is 0.239 e. The Bertz CT molecular complexity index is 606. The normalized spacial score (nSPS) is 21.6. The lowest BCUT2D eigenvalue weighted by molar-refractivity contribution is -0.138. The number of amides is 2. The number of pyridine rings is 1. The molecule has 130 valence electrons. The van der Waals surface area contributed by atoms with E-state index in [1.54, 1.807) is 4.90 Å². The van der Waals surface area contributed by atoms with Crippen LogP contribution >= 0.6 is 0 Å². The van der Waals surface area contributed by atoms with Gasteiger partial charge in [-0.1, -0.05) is 0 Å². The predicted octanol–water partition coefficient (Wildman–Crippen LogP) is 0.0822. The second kappa shape index (κ2) is 7.61. The molecule has 2 aliphatic rings. The van der Waals surface area contributed by atoms with E-state index in [1.807, 2.05) is 18.3 Å². The molecule has 24 heavy (non-hydrogen) atoms. The fraction of sp³-hybridized carbons (Fsp3) is 0.588. The second-order valence-electron chi connectivity index (χ2n) is 6.65. The van der Waals surface area contributed by atoms with Gasteiger partial charge in [-0.3, -0.25) is 14.5 Å². The first-order valence-electron chi connectivity index (χ1n) is 8.53. The summed E-state index contributed by atoms with van der Waals surface area (Å²) in [6, 6.07) is 4.02.